The van der Waals surface area contributed by atoms with Crippen LogP contribution in [0.4, 0.5) is 4.79 Å². The summed E-state index contributed by atoms with van der Waals surface area (Å²) >= 11 is 0. The second-order valence-corrected chi connectivity index (χ2v) is 1.63. The molecule has 0 aliphatic heterocycles. The van der Waals surface area contributed by atoms with Gasteiger partial charge in [-0.1, -0.05) is 0 Å². The molecule has 0 fully saturated rings. The number of rotatable bonds is 0. The van der Waals surface area contributed by atoms with Crippen LogP contribution >= 0.6 is 0 Å². The first-order chi connectivity index (χ1) is 3.73. The Morgan fingerprint density at radius 3 is 1.18 bits per heavy atom. The minimum absolute atomic E-state index is 0. The fourth-order valence-corrected chi connectivity index (χ4v) is 0. The van der Waals surface area contributed by atoms with Crippen molar-refractivity contribution in [2.24, 2.45) is 0 Å². The molecule has 0 spiro atoms. The van der Waals surface area contributed by atoms with Gasteiger partial charge in [0.1, 0.15) is 0 Å². The minimum atomic E-state index is -4.67. The van der Waals surface area contributed by atoms with Gasteiger partial charge in [-0.2, -0.15) is 8.42 Å². The summed E-state index contributed by atoms with van der Waals surface area (Å²) in [6, 6.07) is 0. The van der Waals surface area contributed by atoms with E-state index in [1.165, 1.54) is 0 Å². The van der Waals surface area contributed by atoms with E-state index in [0.717, 1.165) is 0 Å². The molecule has 11 heavy (non-hydrogen) atoms. The van der Waals surface area contributed by atoms with Crippen molar-refractivity contribution in [3.05, 3.63) is 0 Å². The van der Waals surface area contributed by atoms with E-state index in [2.05, 4.69) is 0 Å². The number of hydrogen-bond donors (Lipinski definition) is 4. The molecular formula is CH6KNaO7S. The molecule has 0 aromatic heterocycles. The molecule has 0 aliphatic rings. The Bertz CT molecular complexity index is 169. The summed E-state index contributed by atoms with van der Waals surface area (Å²) < 4.78 is 31.6. The molecule has 0 bridgehead atoms. The third-order valence-corrected chi connectivity index (χ3v) is 0. The fraction of sp³-hybridized carbons (Fsp3) is 0. The quantitative estimate of drug-likeness (QED) is 0.238. The molecule has 4 N–H and O–H groups in total. The van der Waals surface area contributed by atoms with E-state index in [4.69, 9.17) is 32.5 Å². The summed E-state index contributed by atoms with van der Waals surface area (Å²) in [5.74, 6) is 0. The van der Waals surface area contributed by atoms with Crippen LogP contribution < -0.4 is 80.9 Å². The predicted molar refractivity (Wildman–Crippen MR) is 27.1 cm³/mol. The molecule has 0 aromatic carbocycles. The van der Waals surface area contributed by atoms with Gasteiger partial charge in [-0.15, -0.1) is 0 Å². The van der Waals surface area contributed by atoms with Crippen molar-refractivity contribution >= 4 is 16.6 Å². The van der Waals surface area contributed by atoms with E-state index in [9.17, 15) is 0 Å². The SMILES string of the molecule is O=C(O)O.O=S(=O)(O)O.[H-].[H-].[K+].[Na+]. The standard InChI is InChI=1S/CH2O3.K.Na.H2O4S.2H/c2-1(3)4;;;1-5(2,3)4;;/h(H2,2,3,4);;;(H2,1,2,3,4);;/q;2*+1;;2*-1. The summed E-state index contributed by atoms with van der Waals surface area (Å²) in [5, 5.41) is 13.9. The molecule has 0 saturated heterocycles. The molecule has 0 heterocycles. The summed E-state index contributed by atoms with van der Waals surface area (Å²) in [4.78, 5) is 8.56. The normalized spacial score (nSPS) is 7.45. The van der Waals surface area contributed by atoms with Crippen LogP contribution in [0.1, 0.15) is 2.85 Å². The van der Waals surface area contributed by atoms with Crippen LogP contribution in [0.15, 0.2) is 0 Å². The van der Waals surface area contributed by atoms with E-state index in [-0.39, 0.29) is 83.8 Å². The Balaban J connectivity index is -0.0000000146. The van der Waals surface area contributed by atoms with Crippen molar-refractivity contribution in [1.82, 2.24) is 0 Å². The van der Waals surface area contributed by atoms with Gasteiger partial charge in [0.15, 0.2) is 0 Å². The van der Waals surface area contributed by atoms with Gasteiger partial charge in [-0.3, -0.25) is 9.11 Å². The summed E-state index contributed by atoms with van der Waals surface area (Å²) in [6.07, 6.45) is -1.83. The first-order valence-electron chi connectivity index (χ1n) is 1.35. The van der Waals surface area contributed by atoms with Crippen LogP contribution in [0.5, 0.6) is 0 Å². The molecular weight excluding hydrogens is 218 g/mol. The predicted octanol–water partition coefficient (Wildman–Crippen LogP) is -6.20. The molecule has 0 amide bonds. The Hall–Kier alpha value is 1.78. The summed E-state index contributed by atoms with van der Waals surface area (Å²) in [6.45, 7) is 0. The van der Waals surface area contributed by atoms with Crippen LogP contribution in [-0.4, -0.2) is 33.9 Å². The molecule has 0 rings (SSSR count). The van der Waals surface area contributed by atoms with Crippen molar-refractivity contribution in [2.45, 2.75) is 0 Å². The Morgan fingerprint density at radius 1 is 1.18 bits per heavy atom. The van der Waals surface area contributed by atoms with Gasteiger partial charge in [-0.05, 0) is 0 Å². The Morgan fingerprint density at radius 2 is 1.18 bits per heavy atom. The smallest absolute Gasteiger partial charge is 1.00 e. The molecule has 7 nitrogen and oxygen atoms in total. The maximum absolute atomic E-state index is 8.74. The first kappa shape index (κ1) is 23.0. The maximum Gasteiger partial charge on any atom is 1.00 e. The molecule has 0 unspecified atom stereocenters. The van der Waals surface area contributed by atoms with Crippen molar-refractivity contribution in [3.8, 4) is 0 Å². The first-order valence-corrected chi connectivity index (χ1v) is 2.75. The van der Waals surface area contributed by atoms with E-state index in [1.54, 1.807) is 0 Å². The van der Waals surface area contributed by atoms with Gasteiger partial charge in [-0.25, -0.2) is 4.79 Å². The van der Waals surface area contributed by atoms with Crippen molar-refractivity contribution < 1.29 is 116 Å². The Labute approximate surface area is 130 Å². The topological polar surface area (TPSA) is 132 Å². The van der Waals surface area contributed by atoms with E-state index in [1.807, 2.05) is 0 Å². The fourth-order valence-electron chi connectivity index (χ4n) is 0. The van der Waals surface area contributed by atoms with Gasteiger partial charge >= 0.3 is 97.5 Å². The second-order valence-electron chi connectivity index (χ2n) is 0.730. The third kappa shape index (κ3) is 357. The van der Waals surface area contributed by atoms with Crippen molar-refractivity contribution in [3.63, 3.8) is 0 Å². The van der Waals surface area contributed by atoms with Gasteiger partial charge in [0.2, 0.25) is 0 Å². The molecule has 60 valence electrons. The Kier molecular flexibility index (Phi) is 24.6. The molecule has 0 aliphatic carbocycles. The van der Waals surface area contributed by atoms with Crippen LogP contribution in [0.3, 0.4) is 0 Å². The number of carbonyl (C=O) groups is 1. The average Bonchev–Trinajstić information content (AvgIpc) is 1.19. The van der Waals surface area contributed by atoms with Gasteiger partial charge in [0.05, 0.1) is 0 Å². The van der Waals surface area contributed by atoms with Crippen molar-refractivity contribution in [2.75, 3.05) is 0 Å². The molecule has 0 atom stereocenters. The largest absolute Gasteiger partial charge is 1.00 e. The van der Waals surface area contributed by atoms with Crippen LogP contribution in [-0.2, 0) is 10.4 Å². The van der Waals surface area contributed by atoms with E-state index < -0.39 is 16.6 Å². The molecule has 10 heteroatoms. The van der Waals surface area contributed by atoms with Gasteiger partial charge < -0.3 is 13.1 Å². The van der Waals surface area contributed by atoms with Crippen LogP contribution in [0.25, 0.3) is 0 Å². The summed E-state index contributed by atoms with van der Waals surface area (Å²) in [5.41, 5.74) is 0. The van der Waals surface area contributed by atoms with Gasteiger partial charge in [0.25, 0.3) is 0 Å². The number of hydrogen-bond acceptors (Lipinski definition) is 3. The monoisotopic (exact) mass is 224 g/mol. The molecule has 0 saturated carbocycles. The van der Waals surface area contributed by atoms with Crippen LogP contribution in [0, 0.1) is 0 Å². The van der Waals surface area contributed by atoms with Crippen LogP contribution in [0.2, 0.25) is 0 Å². The summed E-state index contributed by atoms with van der Waals surface area (Å²) in [7, 11) is -4.67. The zero-order valence-electron chi connectivity index (χ0n) is 7.92. The zero-order valence-corrected chi connectivity index (χ0v) is 11.9. The minimum Gasteiger partial charge on any atom is -1.00 e. The number of carboxylic acid groups (broad SMARTS) is 2. The second kappa shape index (κ2) is 11.8. The molecule has 0 aromatic rings. The van der Waals surface area contributed by atoms with E-state index in [0.29, 0.717) is 0 Å². The molecule has 0 radical (unpaired) electrons. The maximum atomic E-state index is 8.74. The average molecular weight is 224 g/mol. The van der Waals surface area contributed by atoms with E-state index >= 15 is 0 Å². The van der Waals surface area contributed by atoms with Crippen molar-refractivity contribution in [1.29, 1.82) is 0 Å². The van der Waals surface area contributed by atoms with Gasteiger partial charge in [0, 0.05) is 0 Å². The third-order valence-electron chi connectivity index (χ3n) is 0. The zero-order chi connectivity index (χ0) is 8.08.